The van der Waals surface area contributed by atoms with E-state index in [0.717, 1.165) is 29.4 Å². The number of carbonyl (C=O) groups excluding carboxylic acids is 1. The Morgan fingerprint density at radius 1 is 1.21 bits per heavy atom. The lowest BCUT2D eigenvalue weighted by molar-refractivity contribution is 0.102. The molecular weight excluding hydrogens is 368 g/mol. The molecule has 9 nitrogen and oxygen atoms in total. The molecule has 2 aromatic heterocycles. The van der Waals surface area contributed by atoms with Crippen molar-refractivity contribution in [3.05, 3.63) is 59.9 Å². The maximum atomic E-state index is 12.8. The van der Waals surface area contributed by atoms with E-state index in [1.165, 1.54) is 12.8 Å². The number of carbonyl (C=O) groups is 1. The molecule has 1 aliphatic rings. The van der Waals surface area contributed by atoms with Crippen molar-refractivity contribution in [2.75, 3.05) is 30.4 Å². The first-order chi connectivity index (χ1) is 14.0. The number of hydrazone groups is 1. The van der Waals surface area contributed by atoms with Gasteiger partial charge < -0.3 is 16.0 Å². The van der Waals surface area contributed by atoms with Crippen molar-refractivity contribution in [3.63, 3.8) is 0 Å². The van der Waals surface area contributed by atoms with Crippen molar-refractivity contribution < 1.29 is 4.79 Å². The largest absolute Gasteiger partial charge is 0.382 e. The summed E-state index contributed by atoms with van der Waals surface area (Å²) in [7, 11) is 1.59. The van der Waals surface area contributed by atoms with E-state index in [1.54, 1.807) is 42.0 Å². The molecule has 0 atom stereocenters. The Labute approximate surface area is 168 Å². The monoisotopic (exact) mass is 392 g/mol. The molecule has 4 rings (SSSR count). The molecule has 150 valence electrons. The second kappa shape index (κ2) is 7.80. The van der Waals surface area contributed by atoms with E-state index in [-0.39, 0.29) is 5.91 Å². The summed E-state index contributed by atoms with van der Waals surface area (Å²) in [6, 6.07) is 11.2. The zero-order valence-corrected chi connectivity index (χ0v) is 16.2. The van der Waals surface area contributed by atoms with Crippen LogP contribution in [0.2, 0.25) is 0 Å². The van der Waals surface area contributed by atoms with Crippen LogP contribution in [0.3, 0.4) is 0 Å². The van der Waals surface area contributed by atoms with Gasteiger partial charge in [0.1, 0.15) is 0 Å². The third-order valence-electron chi connectivity index (χ3n) is 4.92. The van der Waals surface area contributed by atoms with E-state index in [9.17, 15) is 4.79 Å². The molecule has 29 heavy (non-hydrogen) atoms. The minimum atomic E-state index is -0.213. The Kier molecular flexibility index (Phi) is 5.05. The molecule has 1 aromatic carbocycles. The predicted octanol–water partition coefficient (Wildman–Crippen LogP) is 1.61. The van der Waals surface area contributed by atoms with Gasteiger partial charge in [0, 0.05) is 43.3 Å². The van der Waals surface area contributed by atoms with Crippen LogP contribution in [0.5, 0.6) is 0 Å². The topological polar surface area (TPSA) is 117 Å². The first-order valence-corrected chi connectivity index (χ1v) is 9.48. The number of nitrogens with two attached hydrogens (primary N) is 2. The lowest BCUT2D eigenvalue weighted by atomic mass is 10.2. The van der Waals surface area contributed by atoms with Gasteiger partial charge in [0.15, 0.2) is 5.84 Å². The molecule has 0 aliphatic carbocycles. The average molecular weight is 392 g/mol. The van der Waals surface area contributed by atoms with E-state index in [0.29, 0.717) is 22.6 Å². The van der Waals surface area contributed by atoms with Crippen LogP contribution in [0, 0.1) is 0 Å². The Balaban J connectivity index is 1.54. The van der Waals surface area contributed by atoms with Crippen molar-refractivity contribution in [2.24, 2.45) is 16.7 Å². The van der Waals surface area contributed by atoms with Crippen molar-refractivity contribution in [1.29, 1.82) is 0 Å². The summed E-state index contributed by atoms with van der Waals surface area (Å²) in [6.07, 6.45) is 5.88. The number of aromatic nitrogens is 2. The van der Waals surface area contributed by atoms with Gasteiger partial charge in [-0.15, -0.1) is 5.10 Å². The van der Waals surface area contributed by atoms with Crippen molar-refractivity contribution in [1.82, 2.24) is 14.7 Å². The molecule has 0 saturated carbocycles. The minimum Gasteiger partial charge on any atom is -0.382 e. The lowest BCUT2D eigenvalue weighted by Gasteiger charge is -2.17. The summed E-state index contributed by atoms with van der Waals surface area (Å²) < 4.78 is 1.72. The van der Waals surface area contributed by atoms with Gasteiger partial charge in [0.05, 0.1) is 17.3 Å². The van der Waals surface area contributed by atoms with Crippen LogP contribution < -0.4 is 21.8 Å². The van der Waals surface area contributed by atoms with Crippen LogP contribution in [0.1, 0.15) is 28.8 Å². The summed E-state index contributed by atoms with van der Waals surface area (Å²) in [6.45, 7) is 2.09. The van der Waals surface area contributed by atoms with Crippen LogP contribution in [-0.2, 0) is 0 Å². The third-order valence-corrected chi connectivity index (χ3v) is 4.92. The lowest BCUT2D eigenvalue weighted by Crippen LogP contribution is -2.25. The number of nitrogens with zero attached hydrogens (tertiary/aromatic N) is 5. The van der Waals surface area contributed by atoms with E-state index < -0.39 is 0 Å². The standard InChI is InChI=1S/C20H24N8O/c1-26(22)25-19(21)14-4-6-15(7-5-14)24-20(29)17-13-23-28-11-8-16(12-18(17)28)27-9-2-3-10-27/h4-8,11-13H,2-3,9-10,22H2,1H3,(H2,21,25)(H,24,29). The van der Waals surface area contributed by atoms with E-state index >= 15 is 0 Å². The van der Waals surface area contributed by atoms with Crippen LogP contribution in [0.15, 0.2) is 53.9 Å². The Hall–Kier alpha value is -3.59. The number of nitrogens with one attached hydrogen (secondary N) is 1. The van der Waals surface area contributed by atoms with E-state index in [4.69, 9.17) is 11.6 Å². The Morgan fingerprint density at radius 2 is 1.93 bits per heavy atom. The predicted molar refractivity (Wildman–Crippen MR) is 114 cm³/mol. The summed E-state index contributed by atoms with van der Waals surface area (Å²) in [4.78, 5) is 15.2. The average Bonchev–Trinajstić information content (AvgIpc) is 3.37. The zero-order valence-electron chi connectivity index (χ0n) is 16.2. The van der Waals surface area contributed by atoms with Gasteiger partial charge in [-0.3, -0.25) is 4.79 Å². The number of benzene rings is 1. The molecule has 0 radical (unpaired) electrons. The van der Waals surface area contributed by atoms with Crippen LogP contribution in [-0.4, -0.2) is 46.6 Å². The Morgan fingerprint density at radius 3 is 2.62 bits per heavy atom. The molecule has 1 aliphatic heterocycles. The second-order valence-corrected chi connectivity index (χ2v) is 7.06. The SMILES string of the molecule is CN(N)/N=C(\N)c1ccc(NC(=O)c2cnn3ccc(N4CCCC4)cc23)cc1. The van der Waals surface area contributed by atoms with Crippen molar-refractivity contribution in [3.8, 4) is 0 Å². The number of hydrazine groups is 1. The van der Waals surface area contributed by atoms with Gasteiger partial charge in [-0.2, -0.15) is 5.10 Å². The Bertz CT molecular complexity index is 1050. The number of hydrogen-bond donors (Lipinski definition) is 3. The minimum absolute atomic E-state index is 0.213. The number of fused-ring (bicyclic) bond motifs is 1. The van der Waals surface area contributed by atoms with Crippen LogP contribution in [0.25, 0.3) is 5.52 Å². The fourth-order valence-electron chi connectivity index (χ4n) is 3.47. The van der Waals surface area contributed by atoms with Crippen LogP contribution >= 0.6 is 0 Å². The fourth-order valence-corrected chi connectivity index (χ4v) is 3.47. The number of pyridine rings is 1. The molecule has 1 fully saturated rings. The molecule has 9 heteroatoms. The zero-order chi connectivity index (χ0) is 20.4. The van der Waals surface area contributed by atoms with Gasteiger partial charge in [-0.25, -0.2) is 15.5 Å². The van der Waals surface area contributed by atoms with Crippen molar-refractivity contribution >= 4 is 28.6 Å². The van der Waals surface area contributed by atoms with Crippen LogP contribution in [0.4, 0.5) is 11.4 Å². The summed E-state index contributed by atoms with van der Waals surface area (Å²) in [5.41, 5.74) is 9.68. The highest BCUT2D eigenvalue weighted by Gasteiger charge is 2.17. The van der Waals surface area contributed by atoms with Gasteiger partial charge in [-0.1, -0.05) is 0 Å². The number of amides is 1. The highest BCUT2D eigenvalue weighted by Crippen LogP contribution is 2.23. The molecule has 3 heterocycles. The van der Waals surface area contributed by atoms with Gasteiger partial charge in [0.25, 0.3) is 5.91 Å². The number of rotatable bonds is 5. The number of amidine groups is 1. The quantitative estimate of drug-likeness (QED) is 0.263. The smallest absolute Gasteiger partial charge is 0.259 e. The van der Waals surface area contributed by atoms with E-state index in [2.05, 4.69) is 20.4 Å². The molecule has 0 spiro atoms. The van der Waals surface area contributed by atoms with Gasteiger partial charge >= 0.3 is 0 Å². The molecule has 1 amide bonds. The molecule has 0 bridgehead atoms. The molecule has 0 unspecified atom stereocenters. The van der Waals surface area contributed by atoms with Gasteiger partial charge in [0.2, 0.25) is 0 Å². The van der Waals surface area contributed by atoms with E-state index in [1.807, 2.05) is 18.3 Å². The van der Waals surface area contributed by atoms with Crippen molar-refractivity contribution in [2.45, 2.75) is 12.8 Å². The molecule has 5 N–H and O–H groups in total. The summed E-state index contributed by atoms with van der Waals surface area (Å²) >= 11 is 0. The normalized spacial score (nSPS) is 14.4. The summed E-state index contributed by atoms with van der Waals surface area (Å²) in [5, 5.41) is 12.3. The third kappa shape index (κ3) is 3.99. The molecule has 3 aromatic rings. The highest BCUT2D eigenvalue weighted by atomic mass is 16.1. The second-order valence-electron chi connectivity index (χ2n) is 7.06. The molecular formula is C20H24N8O. The maximum absolute atomic E-state index is 12.8. The number of hydrogen-bond acceptors (Lipinski definition) is 6. The number of anilines is 2. The fraction of sp³-hybridized carbons (Fsp3) is 0.250. The maximum Gasteiger partial charge on any atom is 0.259 e. The summed E-state index contributed by atoms with van der Waals surface area (Å²) in [5.74, 6) is 5.56. The first-order valence-electron chi connectivity index (χ1n) is 9.48. The van der Waals surface area contributed by atoms with Gasteiger partial charge in [-0.05, 0) is 49.2 Å². The molecule has 1 saturated heterocycles. The highest BCUT2D eigenvalue weighted by molar-refractivity contribution is 6.09. The first kappa shape index (κ1) is 18.8.